The number of aryl methyl sites for hydroxylation is 2. The lowest BCUT2D eigenvalue weighted by Gasteiger charge is -2.22. The van der Waals surface area contributed by atoms with Crippen LogP contribution in [0.25, 0.3) is 22.4 Å². The zero-order valence-electron chi connectivity index (χ0n) is 19.2. The Labute approximate surface area is 200 Å². The Morgan fingerprint density at radius 3 is 2.71 bits per heavy atom. The third kappa shape index (κ3) is 3.74. The summed E-state index contributed by atoms with van der Waals surface area (Å²) in [7, 11) is 0. The van der Waals surface area contributed by atoms with Crippen molar-refractivity contribution in [3.8, 4) is 11.8 Å². The molecule has 4 aromatic rings. The van der Waals surface area contributed by atoms with Crippen LogP contribution in [-0.2, 0) is 4.79 Å². The van der Waals surface area contributed by atoms with E-state index in [0.717, 1.165) is 29.7 Å². The van der Waals surface area contributed by atoms with E-state index >= 15 is 0 Å². The van der Waals surface area contributed by atoms with Crippen molar-refractivity contribution < 1.29 is 4.79 Å². The zero-order chi connectivity index (χ0) is 24.0. The van der Waals surface area contributed by atoms with E-state index in [1.165, 1.54) is 11.8 Å². The summed E-state index contributed by atoms with van der Waals surface area (Å²) in [5, 5.41) is 22.1. The van der Waals surface area contributed by atoms with Crippen molar-refractivity contribution in [3.05, 3.63) is 63.9 Å². The van der Waals surface area contributed by atoms with Crippen molar-refractivity contribution in [1.29, 1.82) is 5.26 Å². The molecule has 1 aliphatic rings. The molecule has 8 nitrogen and oxygen atoms in total. The summed E-state index contributed by atoms with van der Waals surface area (Å²) in [5.74, 6) is 0.446. The summed E-state index contributed by atoms with van der Waals surface area (Å²) < 4.78 is 3.40. The van der Waals surface area contributed by atoms with Crippen LogP contribution in [0.1, 0.15) is 30.9 Å². The molecule has 0 bridgehead atoms. The van der Waals surface area contributed by atoms with E-state index in [4.69, 9.17) is 0 Å². The SMILES string of the molecule is Cc1ccc(-n2c(=O)c3ccccc3n3c(SCC(=O)NC(C)(C#N)C4CC4)nnc23)c(C)c1. The van der Waals surface area contributed by atoms with Gasteiger partial charge in [0.15, 0.2) is 5.16 Å². The predicted molar refractivity (Wildman–Crippen MR) is 131 cm³/mol. The van der Waals surface area contributed by atoms with Crippen LogP contribution in [-0.4, -0.2) is 36.4 Å². The second-order valence-corrected chi connectivity index (χ2v) is 9.93. The van der Waals surface area contributed by atoms with Crippen molar-refractivity contribution in [1.82, 2.24) is 24.5 Å². The molecule has 1 aliphatic carbocycles. The number of carbonyl (C=O) groups excluding carboxylic acids is 1. The van der Waals surface area contributed by atoms with Crippen LogP contribution in [0.2, 0.25) is 0 Å². The van der Waals surface area contributed by atoms with Gasteiger partial charge in [0.2, 0.25) is 11.7 Å². The molecule has 1 N–H and O–H groups in total. The minimum Gasteiger partial charge on any atom is -0.337 e. The van der Waals surface area contributed by atoms with Crippen molar-refractivity contribution >= 4 is 34.3 Å². The number of nitrogens with zero attached hydrogens (tertiary/aromatic N) is 5. The van der Waals surface area contributed by atoms with Gasteiger partial charge in [0.05, 0.1) is 28.4 Å². The second-order valence-electron chi connectivity index (χ2n) is 8.99. The minimum absolute atomic E-state index is 0.0851. The number of fused-ring (bicyclic) bond motifs is 3. The molecule has 2 aromatic heterocycles. The van der Waals surface area contributed by atoms with E-state index in [0.29, 0.717) is 21.8 Å². The Morgan fingerprint density at radius 1 is 1.24 bits per heavy atom. The first-order chi connectivity index (χ1) is 16.3. The first kappa shape index (κ1) is 22.2. The number of para-hydroxylation sites is 1. The van der Waals surface area contributed by atoms with Gasteiger partial charge in [-0.2, -0.15) is 5.26 Å². The maximum Gasteiger partial charge on any atom is 0.267 e. The standard InChI is InChI=1S/C25H24N6O2S/c1-15-8-11-19(16(2)12-15)30-22(33)18-6-4-5-7-20(18)31-23(30)28-29-24(31)34-13-21(32)27-25(3,14-26)17-9-10-17/h4-8,11-12,17H,9-10,13H2,1-3H3,(H,27,32). The molecule has 1 fully saturated rings. The normalized spacial score (nSPS) is 15.2. The number of nitriles is 1. The van der Waals surface area contributed by atoms with Crippen molar-refractivity contribution in [2.24, 2.45) is 5.92 Å². The molecule has 1 atom stereocenters. The molecule has 5 rings (SSSR count). The summed E-state index contributed by atoms with van der Waals surface area (Å²) >= 11 is 1.23. The summed E-state index contributed by atoms with van der Waals surface area (Å²) in [6.07, 6.45) is 1.91. The Morgan fingerprint density at radius 2 is 2.00 bits per heavy atom. The fourth-order valence-electron chi connectivity index (χ4n) is 4.38. The Bertz CT molecular complexity index is 1550. The molecular formula is C25H24N6O2S. The van der Waals surface area contributed by atoms with Gasteiger partial charge in [0.1, 0.15) is 5.54 Å². The summed E-state index contributed by atoms with van der Waals surface area (Å²) in [6, 6.07) is 15.5. The molecule has 0 spiro atoms. The lowest BCUT2D eigenvalue weighted by atomic mass is 9.98. The Hall–Kier alpha value is -3.64. The van der Waals surface area contributed by atoms with E-state index in [-0.39, 0.29) is 23.1 Å². The quantitative estimate of drug-likeness (QED) is 0.430. The van der Waals surface area contributed by atoms with Gasteiger partial charge in [-0.3, -0.25) is 14.0 Å². The number of hydrogen-bond acceptors (Lipinski definition) is 6. The van der Waals surface area contributed by atoms with E-state index in [1.807, 2.05) is 54.6 Å². The van der Waals surface area contributed by atoms with Gasteiger partial charge in [-0.15, -0.1) is 10.2 Å². The molecule has 2 aromatic carbocycles. The smallest absolute Gasteiger partial charge is 0.267 e. The van der Waals surface area contributed by atoms with Gasteiger partial charge in [-0.25, -0.2) is 4.57 Å². The van der Waals surface area contributed by atoms with Crippen molar-refractivity contribution in [3.63, 3.8) is 0 Å². The largest absolute Gasteiger partial charge is 0.337 e. The average Bonchev–Trinajstić information content (AvgIpc) is 3.60. The lowest BCUT2D eigenvalue weighted by molar-refractivity contribution is -0.119. The number of carbonyl (C=O) groups is 1. The number of benzene rings is 2. The van der Waals surface area contributed by atoms with Crippen LogP contribution in [0.4, 0.5) is 0 Å². The zero-order valence-corrected chi connectivity index (χ0v) is 20.0. The molecular weight excluding hydrogens is 448 g/mol. The third-order valence-corrected chi connectivity index (χ3v) is 7.27. The van der Waals surface area contributed by atoms with Gasteiger partial charge in [-0.1, -0.05) is 41.6 Å². The fraction of sp³-hybridized carbons (Fsp3) is 0.320. The molecule has 2 heterocycles. The highest BCUT2D eigenvalue weighted by molar-refractivity contribution is 7.99. The summed E-state index contributed by atoms with van der Waals surface area (Å²) in [4.78, 5) is 26.2. The van der Waals surface area contributed by atoms with Gasteiger partial charge in [0.25, 0.3) is 5.56 Å². The number of thioether (sulfide) groups is 1. The number of nitrogens with one attached hydrogen (secondary N) is 1. The molecule has 1 saturated carbocycles. The van der Waals surface area contributed by atoms with Crippen molar-refractivity contribution in [2.45, 2.75) is 44.3 Å². The van der Waals surface area contributed by atoms with Crippen LogP contribution in [0.5, 0.6) is 0 Å². The van der Waals surface area contributed by atoms with Gasteiger partial charge in [-0.05, 0) is 63.3 Å². The third-order valence-electron chi connectivity index (χ3n) is 6.35. The van der Waals surface area contributed by atoms with Crippen LogP contribution in [0, 0.1) is 31.1 Å². The average molecular weight is 473 g/mol. The molecule has 172 valence electrons. The number of rotatable bonds is 6. The molecule has 9 heteroatoms. The molecule has 1 unspecified atom stereocenters. The first-order valence-corrected chi connectivity index (χ1v) is 12.1. The van der Waals surface area contributed by atoms with Gasteiger partial charge < -0.3 is 5.32 Å². The van der Waals surface area contributed by atoms with Gasteiger partial charge in [0, 0.05) is 0 Å². The first-order valence-electron chi connectivity index (χ1n) is 11.1. The van der Waals surface area contributed by atoms with E-state index in [1.54, 1.807) is 17.6 Å². The fourth-order valence-corrected chi connectivity index (χ4v) is 5.12. The summed E-state index contributed by atoms with van der Waals surface area (Å²) in [6.45, 7) is 5.74. The highest BCUT2D eigenvalue weighted by Gasteiger charge is 2.43. The predicted octanol–water partition coefficient (Wildman–Crippen LogP) is 3.55. The van der Waals surface area contributed by atoms with Crippen LogP contribution in [0.15, 0.2) is 52.4 Å². The molecule has 1 amide bonds. The van der Waals surface area contributed by atoms with E-state index < -0.39 is 5.54 Å². The van der Waals surface area contributed by atoms with Gasteiger partial charge >= 0.3 is 0 Å². The van der Waals surface area contributed by atoms with E-state index in [9.17, 15) is 14.9 Å². The molecule has 0 radical (unpaired) electrons. The summed E-state index contributed by atoms with van der Waals surface area (Å²) in [5.41, 5.74) is 2.45. The Kier molecular flexibility index (Phi) is 5.41. The van der Waals surface area contributed by atoms with Crippen molar-refractivity contribution in [2.75, 3.05) is 5.75 Å². The molecule has 0 saturated heterocycles. The topological polar surface area (TPSA) is 105 Å². The minimum atomic E-state index is -0.847. The van der Waals surface area contributed by atoms with E-state index in [2.05, 4.69) is 21.6 Å². The molecule has 34 heavy (non-hydrogen) atoms. The maximum atomic E-state index is 13.5. The second kappa shape index (κ2) is 8.29. The number of hydrogen-bond donors (Lipinski definition) is 1. The van der Waals surface area contributed by atoms with Crippen LogP contribution >= 0.6 is 11.8 Å². The highest BCUT2D eigenvalue weighted by Crippen LogP contribution is 2.39. The monoisotopic (exact) mass is 472 g/mol. The Balaban J connectivity index is 1.57. The lowest BCUT2D eigenvalue weighted by Crippen LogP contribution is -2.47. The van der Waals surface area contributed by atoms with Crippen LogP contribution in [0.3, 0.4) is 0 Å². The van der Waals surface area contributed by atoms with Crippen LogP contribution < -0.4 is 10.9 Å². The maximum absolute atomic E-state index is 13.5. The number of aromatic nitrogens is 4. The number of amides is 1. The highest BCUT2D eigenvalue weighted by atomic mass is 32.2. The molecule has 0 aliphatic heterocycles.